The third-order valence-corrected chi connectivity index (χ3v) is 3.75. The first kappa shape index (κ1) is 19.7. The highest BCUT2D eigenvalue weighted by molar-refractivity contribution is 14.0. The van der Waals surface area contributed by atoms with Gasteiger partial charge in [0, 0.05) is 33.7 Å². The van der Waals surface area contributed by atoms with Gasteiger partial charge in [0.25, 0.3) is 0 Å². The molecule has 0 radical (unpaired) electrons. The van der Waals surface area contributed by atoms with Gasteiger partial charge in [-0.05, 0) is 45.2 Å². The summed E-state index contributed by atoms with van der Waals surface area (Å²) in [4.78, 5) is 8.99. The maximum atomic E-state index is 4.36. The number of likely N-dealkylation sites (tertiary alicyclic amines) is 1. The van der Waals surface area contributed by atoms with Gasteiger partial charge in [-0.3, -0.25) is 4.99 Å². The van der Waals surface area contributed by atoms with E-state index in [1.54, 1.807) is 0 Å². The van der Waals surface area contributed by atoms with E-state index in [4.69, 9.17) is 0 Å². The molecule has 1 saturated heterocycles. The molecule has 1 N–H and O–H groups in total. The number of hydrogen-bond acceptors (Lipinski definition) is 2. The number of rotatable bonds is 6. The highest BCUT2D eigenvalue weighted by atomic mass is 127. The van der Waals surface area contributed by atoms with E-state index < -0.39 is 0 Å². The van der Waals surface area contributed by atoms with E-state index in [2.05, 4.69) is 40.8 Å². The smallest absolute Gasteiger partial charge is 0.193 e. The summed E-state index contributed by atoms with van der Waals surface area (Å²) in [6, 6.07) is 0. The highest BCUT2D eigenvalue weighted by Crippen LogP contribution is 2.13. The summed E-state index contributed by atoms with van der Waals surface area (Å²) in [7, 11) is 6.17. The largest absolute Gasteiger partial charge is 0.356 e. The normalized spacial score (nSPS) is 20.1. The van der Waals surface area contributed by atoms with Gasteiger partial charge in [-0.1, -0.05) is 6.08 Å². The predicted molar refractivity (Wildman–Crippen MR) is 99.1 cm³/mol. The van der Waals surface area contributed by atoms with E-state index in [1.165, 1.54) is 25.9 Å². The standard InChI is InChI=1S/C15H30N4.HI/c1-5-6-7-11-19(4)15(16-2)17-12-14-9-8-10-18(3)13-14;/h5,14H,1,6-13H2,2-4H3,(H,16,17);1H. The minimum atomic E-state index is 0. The van der Waals surface area contributed by atoms with Crippen LogP contribution >= 0.6 is 24.0 Å². The Morgan fingerprint density at radius 3 is 2.90 bits per heavy atom. The molecule has 1 fully saturated rings. The zero-order chi connectivity index (χ0) is 14.1. The minimum Gasteiger partial charge on any atom is -0.356 e. The van der Waals surface area contributed by atoms with Crippen LogP contribution in [0, 0.1) is 5.92 Å². The van der Waals surface area contributed by atoms with E-state index >= 15 is 0 Å². The average Bonchev–Trinajstić information content (AvgIpc) is 2.40. The Labute approximate surface area is 141 Å². The van der Waals surface area contributed by atoms with Crippen molar-refractivity contribution in [3.05, 3.63) is 12.7 Å². The molecule has 0 saturated carbocycles. The molecule has 1 rings (SSSR count). The van der Waals surface area contributed by atoms with Crippen molar-refractivity contribution in [2.45, 2.75) is 25.7 Å². The van der Waals surface area contributed by atoms with Crippen LogP contribution in [-0.4, -0.2) is 63.1 Å². The summed E-state index contributed by atoms with van der Waals surface area (Å²) in [5.41, 5.74) is 0. The summed E-state index contributed by atoms with van der Waals surface area (Å²) < 4.78 is 0. The number of allylic oxidation sites excluding steroid dienone is 1. The van der Waals surface area contributed by atoms with Crippen molar-refractivity contribution in [1.29, 1.82) is 0 Å². The Hall–Kier alpha value is -0.300. The highest BCUT2D eigenvalue weighted by Gasteiger charge is 2.17. The van der Waals surface area contributed by atoms with Crippen LogP contribution in [0.25, 0.3) is 0 Å². The lowest BCUT2D eigenvalue weighted by Crippen LogP contribution is -2.44. The zero-order valence-corrected chi connectivity index (χ0v) is 15.6. The second kappa shape index (κ2) is 11.4. The number of nitrogens with zero attached hydrogens (tertiary/aromatic N) is 3. The molecule has 1 heterocycles. The van der Waals surface area contributed by atoms with Crippen LogP contribution in [0.5, 0.6) is 0 Å². The summed E-state index contributed by atoms with van der Waals surface area (Å²) in [5.74, 6) is 1.76. The molecule has 1 aliphatic heterocycles. The van der Waals surface area contributed by atoms with Gasteiger partial charge in [0.1, 0.15) is 0 Å². The van der Waals surface area contributed by atoms with Gasteiger partial charge >= 0.3 is 0 Å². The lowest BCUT2D eigenvalue weighted by atomic mass is 9.98. The first-order valence-corrected chi connectivity index (χ1v) is 7.38. The second-order valence-electron chi connectivity index (χ2n) is 5.55. The lowest BCUT2D eigenvalue weighted by Gasteiger charge is -2.31. The monoisotopic (exact) mass is 394 g/mol. The summed E-state index contributed by atoms with van der Waals surface area (Å²) in [5, 5.41) is 3.51. The number of halogens is 1. The van der Waals surface area contributed by atoms with Crippen LogP contribution in [0.3, 0.4) is 0 Å². The zero-order valence-electron chi connectivity index (χ0n) is 13.3. The van der Waals surface area contributed by atoms with Crippen molar-refractivity contribution in [2.75, 3.05) is 47.3 Å². The molecular formula is C15H31IN4. The molecule has 1 unspecified atom stereocenters. The Kier molecular flexibility index (Phi) is 11.2. The van der Waals surface area contributed by atoms with Crippen LogP contribution < -0.4 is 5.32 Å². The molecular weight excluding hydrogens is 363 g/mol. The van der Waals surface area contributed by atoms with Crippen LogP contribution in [0.15, 0.2) is 17.6 Å². The fourth-order valence-electron chi connectivity index (χ4n) is 2.64. The van der Waals surface area contributed by atoms with Gasteiger partial charge in [0.05, 0.1) is 0 Å². The Bertz CT molecular complexity index is 294. The lowest BCUT2D eigenvalue weighted by molar-refractivity contribution is 0.209. The van der Waals surface area contributed by atoms with E-state index in [1.807, 2.05) is 13.1 Å². The number of aliphatic imine (C=N–C) groups is 1. The van der Waals surface area contributed by atoms with Gasteiger partial charge in [-0.25, -0.2) is 0 Å². The first-order valence-electron chi connectivity index (χ1n) is 7.38. The number of nitrogens with one attached hydrogen (secondary N) is 1. The average molecular weight is 394 g/mol. The molecule has 5 heteroatoms. The fraction of sp³-hybridized carbons (Fsp3) is 0.800. The van der Waals surface area contributed by atoms with Gasteiger partial charge < -0.3 is 15.1 Å². The Morgan fingerprint density at radius 1 is 1.55 bits per heavy atom. The fourth-order valence-corrected chi connectivity index (χ4v) is 2.64. The predicted octanol–water partition coefficient (Wildman–Crippen LogP) is 2.42. The molecule has 1 atom stereocenters. The topological polar surface area (TPSA) is 30.9 Å². The quantitative estimate of drug-likeness (QED) is 0.247. The number of piperidine rings is 1. The summed E-state index contributed by atoms with van der Waals surface area (Å²) in [6.45, 7) is 8.25. The van der Waals surface area contributed by atoms with E-state index in [0.29, 0.717) is 0 Å². The maximum Gasteiger partial charge on any atom is 0.193 e. The molecule has 0 aromatic carbocycles. The maximum absolute atomic E-state index is 4.36. The first-order chi connectivity index (χ1) is 9.17. The summed E-state index contributed by atoms with van der Waals surface area (Å²) >= 11 is 0. The Balaban J connectivity index is 0.00000361. The van der Waals surface area contributed by atoms with E-state index in [-0.39, 0.29) is 24.0 Å². The second-order valence-corrected chi connectivity index (χ2v) is 5.55. The van der Waals surface area contributed by atoms with Crippen molar-refractivity contribution >= 4 is 29.9 Å². The molecule has 0 aromatic rings. The van der Waals surface area contributed by atoms with Crippen LogP contribution in [-0.2, 0) is 0 Å². The van der Waals surface area contributed by atoms with Crippen molar-refractivity contribution in [1.82, 2.24) is 15.1 Å². The van der Waals surface area contributed by atoms with Crippen LogP contribution in [0.4, 0.5) is 0 Å². The van der Waals surface area contributed by atoms with Gasteiger partial charge in [0.15, 0.2) is 5.96 Å². The van der Waals surface area contributed by atoms with Gasteiger partial charge in [0.2, 0.25) is 0 Å². The van der Waals surface area contributed by atoms with Crippen molar-refractivity contribution in [2.24, 2.45) is 10.9 Å². The van der Waals surface area contributed by atoms with E-state index in [9.17, 15) is 0 Å². The molecule has 0 spiro atoms. The van der Waals surface area contributed by atoms with Gasteiger partial charge in [-0.15, -0.1) is 30.6 Å². The number of unbranched alkanes of at least 4 members (excludes halogenated alkanes) is 1. The third-order valence-electron chi connectivity index (χ3n) is 3.75. The van der Waals surface area contributed by atoms with E-state index in [0.717, 1.165) is 37.8 Å². The van der Waals surface area contributed by atoms with Gasteiger partial charge in [-0.2, -0.15) is 0 Å². The molecule has 1 aliphatic rings. The number of hydrogen-bond donors (Lipinski definition) is 1. The number of guanidine groups is 1. The molecule has 118 valence electrons. The van der Waals surface area contributed by atoms with Crippen LogP contribution in [0.2, 0.25) is 0 Å². The molecule has 4 nitrogen and oxygen atoms in total. The third kappa shape index (κ3) is 7.47. The van der Waals surface area contributed by atoms with Crippen molar-refractivity contribution < 1.29 is 0 Å². The molecule has 20 heavy (non-hydrogen) atoms. The molecule has 0 bridgehead atoms. The van der Waals surface area contributed by atoms with Crippen molar-refractivity contribution in [3.63, 3.8) is 0 Å². The molecule has 0 amide bonds. The van der Waals surface area contributed by atoms with Crippen molar-refractivity contribution in [3.8, 4) is 0 Å². The SMILES string of the molecule is C=CCCCN(C)C(=NC)NCC1CCCN(C)C1.I. The minimum absolute atomic E-state index is 0. The Morgan fingerprint density at radius 2 is 2.30 bits per heavy atom. The molecule has 0 aliphatic carbocycles. The molecule has 0 aromatic heterocycles. The summed E-state index contributed by atoms with van der Waals surface area (Å²) in [6.07, 6.45) is 6.81. The van der Waals surface area contributed by atoms with Crippen LogP contribution in [0.1, 0.15) is 25.7 Å².